The van der Waals surface area contributed by atoms with Gasteiger partial charge in [0.1, 0.15) is 11.9 Å². The lowest BCUT2D eigenvalue weighted by molar-refractivity contribution is -0.132. The predicted molar refractivity (Wildman–Crippen MR) is 90.2 cm³/mol. The molecule has 0 spiro atoms. The molecule has 3 aliphatic rings. The highest BCUT2D eigenvalue weighted by molar-refractivity contribution is 5.90. The smallest absolute Gasteiger partial charge is 0.414 e. The molecule has 1 aliphatic carbocycles. The van der Waals surface area contributed by atoms with E-state index in [0.717, 1.165) is 13.1 Å². The maximum Gasteiger partial charge on any atom is 0.414 e. The number of carbonyl (C=O) groups excluding carboxylic acids is 2. The summed E-state index contributed by atoms with van der Waals surface area (Å²) in [4.78, 5) is 26.1. The van der Waals surface area contributed by atoms with Crippen molar-refractivity contribution in [1.29, 1.82) is 0 Å². The van der Waals surface area contributed by atoms with Crippen molar-refractivity contribution < 1.29 is 27.5 Å². The van der Waals surface area contributed by atoms with Crippen LogP contribution in [0.5, 0.6) is 0 Å². The van der Waals surface area contributed by atoms with Crippen LogP contribution in [0, 0.1) is 17.7 Å². The number of hydrogen-bond acceptors (Lipinski definition) is 5. The lowest BCUT2D eigenvalue weighted by Crippen LogP contribution is -2.37. The zero-order valence-electron chi connectivity index (χ0n) is 14.3. The molecule has 3 N–H and O–H groups in total. The van der Waals surface area contributed by atoms with Gasteiger partial charge in [-0.1, -0.05) is 0 Å². The van der Waals surface area contributed by atoms with E-state index in [0.29, 0.717) is 23.2 Å². The molecule has 0 aromatic heterocycles. The van der Waals surface area contributed by atoms with Gasteiger partial charge in [-0.3, -0.25) is 9.69 Å². The summed E-state index contributed by atoms with van der Waals surface area (Å²) in [5.74, 6) is -1.04. The number of fused-ring (bicyclic) bond motifs is 1. The average Bonchev–Trinajstić information content (AvgIpc) is 3.00. The summed E-state index contributed by atoms with van der Waals surface area (Å²) in [6, 6.07) is 4.69. The first kappa shape index (κ1) is 17.9. The number of amides is 2. The highest BCUT2D eigenvalue weighted by Crippen LogP contribution is 2.45. The molecule has 2 heterocycles. The summed E-state index contributed by atoms with van der Waals surface area (Å²) in [7, 11) is 0. The summed E-state index contributed by atoms with van der Waals surface area (Å²) < 4.78 is 44.0. The van der Waals surface area contributed by atoms with Crippen LogP contribution < -0.4 is 20.9 Å². The van der Waals surface area contributed by atoms with Crippen LogP contribution in [0.1, 0.15) is 0 Å². The summed E-state index contributed by atoms with van der Waals surface area (Å²) >= 11 is 0. The van der Waals surface area contributed by atoms with Gasteiger partial charge in [-0.2, -0.15) is 8.78 Å². The maximum absolute atomic E-state index is 14.6. The van der Waals surface area contributed by atoms with E-state index in [-0.39, 0.29) is 19.1 Å². The van der Waals surface area contributed by atoms with E-state index < -0.39 is 30.3 Å². The lowest BCUT2D eigenvalue weighted by Gasteiger charge is -2.23. The van der Waals surface area contributed by atoms with Crippen molar-refractivity contribution in [2.75, 3.05) is 36.0 Å². The molecule has 7 nitrogen and oxygen atoms in total. The number of hydrogen-bond donors (Lipinski definition) is 2. The van der Waals surface area contributed by atoms with Gasteiger partial charge in [0, 0.05) is 19.1 Å². The Kier molecular flexibility index (Phi) is 4.37. The van der Waals surface area contributed by atoms with E-state index in [2.05, 4.69) is 0 Å². The second kappa shape index (κ2) is 6.59. The molecule has 4 rings (SSSR count). The molecule has 2 amide bonds. The molecule has 2 unspecified atom stereocenters. The lowest BCUT2D eigenvalue weighted by atomic mass is 10.2. The Hall–Kier alpha value is -2.49. The van der Waals surface area contributed by atoms with Crippen LogP contribution in [0.3, 0.4) is 0 Å². The first-order valence-electron chi connectivity index (χ1n) is 8.69. The number of halogens is 3. The normalized spacial score (nSPS) is 29.1. The molecule has 1 aromatic carbocycles. The van der Waals surface area contributed by atoms with Crippen LogP contribution in [-0.2, 0) is 9.53 Å². The zero-order chi connectivity index (χ0) is 19.3. The fourth-order valence-corrected chi connectivity index (χ4v) is 3.82. The minimum atomic E-state index is -3.13. The molecule has 3 fully saturated rings. The average molecular weight is 384 g/mol. The monoisotopic (exact) mass is 384 g/mol. The SMILES string of the molecule is NC1C2CN(c3ccc(N4C[C@H](CNC(=O)C(F)F)OC4=O)cc3F)CC12. The standard InChI is InChI=1S/C17H19F3N4O3/c18-12-3-8(1-2-13(12)23-6-10-11(7-23)14(10)21)24-5-9(27-17(24)26)4-22-16(25)15(19)20/h1-3,9-11,14-15H,4-7,21H2,(H,22,25)/t9-,10?,11?,14?/m0/s1. The number of nitrogens with two attached hydrogens (primary N) is 1. The molecule has 146 valence electrons. The van der Waals surface area contributed by atoms with Gasteiger partial charge in [0.05, 0.1) is 24.5 Å². The second-order valence-electron chi connectivity index (χ2n) is 7.11. The third-order valence-electron chi connectivity index (χ3n) is 5.42. The van der Waals surface area contributed by atoms with E-state index in [9.17, 15) is 22.8 Å². The zero-order valence-corrected chi connectivity index (χ0v) is 14.3. The number of alkyl halides is 2. The Morgan fingerprint density at radius 1 is 1.30 bits per heavy atom. The Morgan fingerprint density at radius 2 is 2.00 bits per heavy atom. The summed E-state index contributed by atoms with van der Waals surface area (Å²) in [6.07, 6.45) is -4.63. The summed E-state index contributed by atoms with van der Waals surface area (Å²) in [6.45, 7) is 1.24. The molecule has 2 aliphatic heterocycles. The van der Waals surface area contributed by atoms with E-state index in [1.807, 2.05) is 10.2 Å². The highest BCUT2D eigenvalue weighted by Gasteiger charge is 2.53. The van der Waals surface area contributed by atoms with Crippen molar-refractivity contribution in [3.63, 3.8) is 0 Å². The minimum absolute atomic E-state index is 0.0316. The summed E-state index contributed by atoms with van der Waals surface area (Å²) in [5.41, 5.74) is 6.67. The van der Waals surface area contributed by atoms with Crippen LogP contribution >= 0.6 is 0 Å². The fourth-order valence-electron chi connectivity index (χ4n) is 3.82. The van der Waals surface area contributed by atoms with E-state index in [1.165, 1.54) is 11.0 Å². The minimum Gasteiger partial charge on any atom is -0.442 e. The number of piperidine rings is 1. The van der Waals surface area contributed by atoms with Crippen LogP contribution in [0.15, 0.2) is 18.2 Å². The van der Waals surface area contributed by atoms with Gasteiger partial charge in [-0.15, -0.1) is 0 Å². The molecule has 2 saturated heterocycles. The van der Waals surface area contributed by atoms with E-state index >= 15 is 0 Å². The van der Waals surface area contributed by atoms with Crippen molar-refractivity contribution in [3.05, 3.63) is 24.0 Å². The molecule has 10 heteroatoms. The number of benzene rings is 1. The van der Waals surface area contributed by atoms with Crippen molar-refractivity contribution in [2.45, 2.75) is 18.6 Å². The largest absolute Gasteiger partial charge is 0.442 e. The van der Waals surface area contributed by atoms with Crippen molar-refractivity contribution >= 4 is 23.4 Å². The Morgan fingerprint density at radius 3 is 2.63 bits per heavy atom. The molecular weight excluding hydrogens is 365 g/mol. The van der Waals surface area contributed by atoms with Gasteiger partial charge in [-0.05, 0) is 30.0 Å². The van der Waals surface area contributed by atoms with Crippen LogP contribution in [0.4, 0.5) is 29.3 Å². The van der Waals surface area contributed by atoms with Gasteiger partial charge in [0.15, 0.2) is 0 Å². The number of ether oxygens (including phenoxy) is 1. The molecule has 1 aromatic rings. The quantitative estimate of drug-likeness (QED) is 0.789. The number of nitrogens with zero attached hydrogens (tertiary/aromatic N) is 2. The van der Waals surface area contributed by atoms with Crippen molar-refractivity contribution in [1.82, 2.24) is 5.32 Å². The molecule has 1 saturated carbocycles. The van der Waals surface area contributed by atoms with Gasteiger partial charge >= 0.3 is 12.5 Å². The second-order valence-corrected chi connectivity index (χ2v) is 7.11. The topological polar surface area (TPSA) is 87.9 Å². The molecule has 0 bridgehead atoms. The molecule has 3 atom stereocenters. The Bertz CT molecular complexity index is 766. The number of rotatable bonds is 5. The van der Waals surface area contributed by atoms with Crippen molar-refractivity contribution in [2.24, 2.45) is 17.6 Å². The number of nitrogens with one attached hydrogen (secondary N) is 1. The molecule has 0 radical (unpaired) electrons. The van der Waals surface area contributed by atoms with E-state index in [1.54, 1.807) is 12.1 Å². The highest BCUT2D eigenvalue weighted by atomic mass is 19.3. The van der Waals surface area contributed by atoms with Crippen molar-refractivity contribution in [3.8, 4) is 0 Å². The van der Waals surface area contributed by atoms with Gasteiger partial charge in [-0.25, -0.2) is 9.18 Å². The fraction of sp³-hybridized carbons (Fsp3) is 0.529. The van der Waals surface area contributed by atoms with Crippen LogP contribution in [0.2, 0.25) is 0 Å². The number of carbonyl (C=O) groups is 2. The number of cyclic esters (lactones) is 1. The maximum atomic E-state index is 14.6. The Labute approximate surface area is 153 Å². The van der Waals surface area contributed by atoms with Crippen LogP contribution in [0.25, 0.3) is 0 Å². The van der Waals surface area contributed by atoms with Gasteiger partial charge in [0.2, 0.25) is 0 Å². The third kappa shape index (κ3) is 3.29. The molecular formula is C17H19F3N4O3. The first-order valence-corrected chi connectivity index (χ1v) is 8.69. The Balaban J connectivity index is 1.39. The predicted octanol–water partition coefficient (Wildman–Crippen LogP) is 0.925. The summed E-state index contributed by atoms with van der Waals surface area (Å²) in [5, 5.41) is 2.00. The third-order valence-corrected chi connectivity index (χ3v) is 5.42. The van der Waals surface area contributed by atoms with E-state index in [4.69, 9.17) is 10.5 Å². The first-order chi connectivity index (χ1) is 12.8. The number of anilines is 2. The van der Waals surface area contributed by atoms with Gasteiger partial charge in [0.25, 0.3) is 5.91 Å². The van der Waals surface area contributed by atoms with Crippen LogP contribution in [-0.4, -0.2) is 56.8 Å². The molecule has 27 heavy (non-hydrogen) atoms. The van der Waals surface area contributed by atoms with Gasteiger partial charge < -0.3 is 20.7 Å².